The van der Waals surface area contributed by atoms with Gasteiger partial charge in [0.15, 0.2) is 0 Å². The number of nitrogen functional groups attached to an aromatic ring is 1. The van der Waals surface area contributed by atoms with Crippen molar-refractivity contribution in [3.05, 3.63) is 65.2 Å². The molecule has 2 aromatic carbocycles. The molecule has 0 aliphatic heterocycles. The number of benzene rings is 2. The smallest absolute Gasteiger partial charge is 0.399 e. The van der Waals surface area contributed by atoms with Crippen molar-refractivity contribution >= 4 is 36.4 Å². The summed E-state index contributed by atoms with van der Waals surface area (Å²) in [5.74, 6) is -0.145. The quantitative estimate of drug-likeness (QED) is 0.546. The molecule has 0 saturated heterocycles. The van der Waals surface area contributed by atoms with Gasteiger partial charge in [-0.25, -0.2) is 0 Å². The third-order valence-corrected chi connectivity index (χ3v) is 4.71. The van der Waals surface area contributed by atoms with Gasteiger partial charge in [0.25, 0.3) is 0 Å². The Balaban J connectivity index is 0.00000420. The molecule has 168 valence electrons. The highest BCUT2D eigenvalue weighted by Gasteiger charge is 2.30. The Morgan fingerprint density at radius 1 is 1.00 bits per heavy atom. The minimum atomic E-state index is -4.36. The number of nitrogens with zero attached hydrogens (tertiary/aromatic N) is 1. The third-order valence-electron chi connectivity index (χ3n) is 4.71. The Morgan fingerprint density at radius 2 is 1.53 bits per heavy atom. The fourth-order valence-corrected chi connectivity index (χ4v) is 3.11. The molecule has 3 N–H and O–H groups in total. The lowest BCUT2D eigenvalue weighted by Gasteiger charge is -2.30. The van der Waals surface area contributed by atoms with Crippen LogP contribution in [0, 0.1) is 0 Å². The first-order valence-electron chi connectivity index (χ1n) is 9.26. The molecule has 2 aromatic rings. The van der Waals surface area contributed by atoms with Gasteiger partial charge in [0.2, 0.25) is 5.91 Å². The second kappa shape index (κ2) is 12.7. The minimum absolute atomic E-state index is 0. The highest BCUT2D eigenvalue weighted by Crippen LogP contribution is 2.30. The number of rotatable bonds is 8. The van der Waals surface area contributed by atoms with Crippen LogP contribution in [0.25, 0.3) is 0 Å². The van der Waals surface area contributed by atoms with Crippen LogP contribution >= 0.6 is 24.8 Å². The molecule has 0 heterocycles. The largest absolute Gasteiger partial charge is 0.416 e. The molecule has 30 heavy (non-hydrogen) atoms. The van der Waals surface area contributed by atoms with E-state index in [1.807, 2.05) is 13.8 Å². The van der Waals surface area contributed by atoms with E-state index >= 15 is 0 Å². The zero-order chi connectivity index (χ0) is 20.7. The summed E-state index contributed by atoms with van der Waals surface area (Å²) in [6.45, 7) is 5.72. The zero-order valence-corrected chi connectivity index (χ0v) is 18.5. The van der Waals surface area contributed by atoms with E-state index in [-0.39, 0.29) is 43.2 Å². The van der Waals surface area contributed by atoms with Crippen molar-refractivity contribution in [3.63, 3.8) is 0 Å². The Hall–Kier alpha value is -1.96. The Labute approximate surface area is 187 Å². The number of hydrogen-bond acceptors (Lipinski definition) is 3. The summed E-state index contributed by atoms with van der Waals surface area (Å²) in [6.07, 6.45) is -4.14. The van der Waals surface area contributed by atoms with E-state index in [0.717, 1.165) is 36.3 Å². The summed E-state index contributed by atoms with van der Waals surface area (Å²) in [4.78, 5) is 14.4. The van der Waals surface area contributed by atoms with Crippen molar-refractivity contribution in [2.24, 2.45) is 0 Å². The van der Waals surface area contributed by atoms with Crippen LogP contribution in [0.1, 0.15) is 36.6 Å². The molecule has 1 amide bonds. The van der Waals surface area contributed by atoms with Gasteiger partial charge in [0.05, 0.1) is 18.0 Å². The summed E-state index contributed by atoms with van der Waals surface area (Å²) in [7, 11) is 0. The maximum absolute atomic E-state index is 12.8. The molecular weight excluding hydrogens is 438 g/mol. The van der Waals surface area contributed by atoms with Crippen LogP contribution in [0.5, 0.6) is 0 Å². The number of alkyl halides is 3. The van der Waals surface area contributed by atoms with Crippen LogP contribution < -0.4 is 11.1 Å². The second-order valence-corrected chi connectivity index (χ2v) is 6.58. The Morgan fingerprint density at radius 3 is 2.00 bits per heavy atom. The first kappa shape index (κ1) is 28.0. The van der Waals surface area contributed by atoms with Gasteiger partial charge < -0.3 is 11.1 Å². The van der Waals surface area contributed by atoms with Crippen molar-refractivity contribution in [1.29, 1.82) is 0 Å². The summed E-state index contributed by atoms with van der Waals surface area (Å²) in [6, 6.07) is 12.0. The monoisotopic (exact) mass is 465 g/mol. The minimum Gasteiger partial charge on any atom is -0.399 e. The van der Waals surface area contributed by atoms with Gasteiger partial charge in [-0.2, -0.15) is 13.2 Å². The maximum Gasteiger partial charge on any atom is 0.416 e. The Kier molecular flexibility index (Phi) is 11.8. The van der Waals surface area contributed by atoms with Crippen molar-refractivity contribution in [2.45, 2.75) is 32.5 Å². The molecule has 0 aliphatic carbocycles. The SMILES string of the molecule is CCN(CC)C(CNC(=O)Cc1ccc(N)cc1)c1ccc(C(F)(F)F)cc1.Cl.Cl. The van der Waals surface area contributed by atoms with E-state index in [9.17, 15) is 18.0 Å². The molecule has 2 rings (SSSR count). The number of carbonyl (C=O) groups is 1. The fourth-order valence-electron chi connectivity index (χ4n) is 3.11. The molecule has 9 heteroatoms. The fraction of sp³-hybridized carbons (Fsp3) is 0.381. The van der Waals surface area contributed by atoms with Crippen molar-refractivity contribution in [2.75, 3.05) is 25.4 Å². The molecule has 0 saturated carbocycles. The van der Waals surface area contributed by atoms with Gasteiger partial charge in [-0.1, -0.05) is 38.1 Å². The number of hydrogen-bond donors (Lipinski definition) is 2. The van der Waals surface area contributed by atoms with E-state index in [0.29, 0.717) is 12.2 Å². The molecule has 0 fully saturated rings. The van der Waals surface area contributed by atoms with Gasteiger partial charge in [-0.15, -0.1) is 24.8 Å². The van der Waals surface area contributed by atoms with Crippen LogP contribution in [-0.4, -0.2) is 30.4 Å². The van der Waals surface area contributed by atoms with Gasteiger partial charge in [0.1, 0.15) is 0 Å². The number of halogens is 5. The van der Waals surface area contributed by atoms with Crippen LogP contribution in [-0.2, 0) is 17.4 Å². The Bertz CT molecular complexity index is 765. The lowest BCUT2D eigenvalue weighted by molar-refractivity contribution is -0.137. The molecular formula is C21H28Cl2F3N3O. The lowest BCUT2D eigenvalue weighted by atomic mass is 10.0. The van der Waals surface area contributed by atoms with Crippen LogP contribution in [0.3, 0.4) is 0 Å². The molecule has 1 unspecified atom stereocenters. The first-order chi connectivity index (χ1) is 13.2. The summed E-state index contributed by atoms with van der Waals surface area (Å²) >= 11 is 0. The van der Waals surface area contributed by atoms with Crippen LogP contribution in [0.2, 0.25) is 0 Å². The van der Waals surface area contributed by atoms with E-state index in [2.05, 4.69) is 10.2 Å². The average molecular weight is 466 g/mol. The number of amides is 1. The average Bonchev–Trinajstić information content (AvgIpc) is 2.66. The molecule has 0 spiro atoms. The molecule has 0 aromatic heterocycles. The van der Waals surface area contributed by atoms with Gasteiger partial charge in [0, 0.05) is 12.2 Å². The lowest BCUT2D eigenvalue weighted by Crippen LogP contribution is -2.38. The van der Waals surface area contributed by atoms with E-state index < -0.39 is 11.7 Å². The van der Waals surface area contributed by atoms with E-state index in [4.69, 9.17) is 5.73 Å². The van der Waals surface area contributed by atoms with Crippen molar-refractivity contribution < 1.29 is 18.0 Å². The summed E-state index contributed by atoms with van der Waals surface area (Å²) in [5, 5.41) is 2.90. The second-order valence-electron chi connectivity index (χ2n) is 6.58. The molecule has 4 nitrogen and oxygen atoms in total. The van der Waals surface area contributed by atoms with Gasteiger partial charge in [-0.3, -0.25) is 9.69 Å². The number of anilines is 1. The van der Waals surface area contributed by atoms with Crippen LogP contribution in [0.15, 0.2) is 48.5 Å². The van der Waals surface area contributed by atoms with E-state index in [1.54, 1.807) is 24.3 Å². The van der Waals surface area contributed by atoms with Gasteiger partial charge >= 0.3 is 6.18 Å². The molecule has 0 radical (unpaired) electrons. The maximum atomic E-state index is 12.8. The number of likely N-dealkylation sites (N-methyl/N-ethyl adjacent to an activating group) is 1. The van der Waals surface area contributed by atoms with E-state index in [1.165, 1.54) is 12.1 Å². The molecule has 0 bridgehead atoms. The predicted molar refractivity (Wildman–Crippen MR) is 119 cm³/mol. The normalized spacial score (nSPS) is 11.9. The number of nitrogens with one attached hydrogen (secondary N) is 1. The highest BCUT2D eigenvalue weighted by atomic mass is 35.5. The molecule has 0 aliphatic rings. The number of nitrogens with two attached hydrogens (primary N) is 1. The summed E-state index contributed by atoms with van der Waals surface area (Å²) < 4.78 is 38.5. The van der Waals surface area contributed by atoms with Crippen molar-refractivity contribution in [3.8, 4) is 0 Å². The predicted octanol–water partition coefficient (Wildman–Crippen LogP) is 4.87. The third kappa shape index (κ3) is 8.05. The summed E-state index contributed by atoms with van der Waals surface area (Å²) in [5.41, 5.74) is 7.19. The zero-order valence-electron chi connectivity index (χ0n) is 16.9. The first-order valence-corrected chi connectivity index (χ1v) is 9.26. The topological polar surface area (TPSA) is 58.4 Å². The van der Waals surface area contributed by atoms with Crippen molar-refractivity contribution in [1.82, 2.24) is 10.2 Å². The standard InChI is InChI=1S/C21H26F3N3O.2ClH/c1-3-27(4-2)19(16-7-9-17(10-8-16)21(22,23)24)14-26-20(28)13-15-5-11-18(25)12-6-15;;/h5-12,19H,3-4,13-14,25H2,1-2H3,(H,26,28);2*1H. The highest BCUT2D eigenvalue weighted by molar-refractivity contribution is 5.85. The van der Waals surface area contributed by atoms with Gasteiger partial charge in [-0.05, 0) is 48.5 Å². The molecule has 1 atom stereocenters. The van der Waals surface area contributed by atoms with Crippen LogP contribution in [0.4, 0.5) is 18.9 Å². The number of carbonyl (C=O) groups excluding carboxylic acids is 1.